The maximum Gasteiger partial charge on any atom is 0.129 e. The highest BCUT2D eigenvalue weighted by atomic mass is 16.5. The van der Waals surface area contributed by atoms with Gasteiger partial charge in [0.2, 0.25) is 0 Å². The molecule has 6 nitrogen and oxygen atoms in total. The number of hydrogen-bond donors (Lipinski definition) is 1. The Morgan fingerprint density at radius 2 is 2.16 bits per heavy atom. The Bertz CT molecular complexity index is 967. The van der Waals surface area contributed by atoms with Crippen molar-refractivity contribution in [1.29, 1.82) is 5.26 Å². The van der Waals surface area contributed by atoms with E-state index >= 15 is 0 Å². The van der Waals surface area contributed by atoms with Gasteiger partial charge in [0.15, 0.2) is 0 Å². The summed E-state index contributed by atoms with van der Waals surface area (Å²) in [6, 6.07) is 10.8. The molecule has 32 heavy (non-hydrogen) atoms. The number of unbranched alkanes of at least 4 members (excludes halogenated alkanes) is 1. The van der Waals surface area contributed by atoms with E-state index < -0.39 is 0 Å². The van der Waals surface area contributed by atoms with E-state index in [0.717, 1.165) is 75.4 Å². The van der Waals surface area contributed by atoms with E-state index in [0.29, 0.717) is 5.92 Å². The number of rotatable bonds is 9. The number of ether oxygens (including phenoxy) is 1. The Morgan fingerprint density at radius 1 is 1.22 bits per heavy atom. The lowest BCUT2D eigenvalue weighted by atomic mass is 10.0. The van der Waals surface area contributed by atoms with Crippen LogP contribution in [0, 0.1) is 11.3 Å². The molecule has 1 N–H and O–H groups in total. The molecule has 4 heterocycles. The highest BCUT2D eigenvalue weighted by Crippen LogP contribution is 2.42. The van der Waals surface area contributed by atoms with Gasteiger partial charge in [-0.1, -0.05) is 12.1 Å². The third kappa shape index (κ3) is 4.95. The average molecular weight is 432 g/mol. The Kier molecular flexibility index (Phi) is 6.66. The summed E-state index contributed by atoms with van der Waals surface area (Å²) >= 11 is 0. The van der Waals surface area contributed by atoms with Crippen molar-refractivity contribution in [3.63, 3.8) is 0 Å². The van der Waals surface area contributed by atoms with E-state index in [2.05, 4.69) is 39.5 Å². The number of anilines is 1. The average Bonchev–Trinajstić information content (AvgIpc) is 3.58. The minimum atomic E-state index is -0.211. The minimum absolute atomic E-state index is 0.211. The summed E-state index contributed by atoms with van der Waals surface area (Å²) in [7, 11) is 0. The molecule has 1 aliphatic carbocycles. The van der Waals surface area contributed by atoms with Gasteiger partial charge in [-0.2, -0.15) is 5.26 Å². The lowest BCUT2D eigenvalue weighted by molar-refractivity contribution is 0.0548. The van der Waals surface area contributed by atoms with E-state index in [1.807, 2.05) is 12.3 Å². The molecule has 2 aromatic heterocycles. The maximum atomic E-state index is 9.91. The molecule has 168 valence electrons. The topological polar surface area (TPSA) is 74.1 Å². The quantitative estimate of drug-likeness (QED) is 0.594. The molecule has 6 heteroatoms. The maximum absolute atomic E-state index is 9.91. The minimum Gasteiger partial charge on any atom is -0.377 e. The van der Waals surface area contributed by atoms with E-state index in [4.69, 9.17) is 9.72 Å². The Morgan fingerprint density at radius 3 is 3.03 bits per heavy atom. The second-order valence-corrected chi connectivity index (χ2v) is 9.36. The molecule has 0 spiro atoms. The number of aromatic nitrogens is 2. The molecule has 3 aliphatic rings. The van der Waals surface area contributed by atoms with Crippen LogP contribution >= 0.6 is 0 Å². The molecule has 2 unspecified atom stereocenters. The van der Waals surface area contributed by atoms with Crippen LogP contribution < -0.4 is 5.32 Å². The highest BCUT2D eigenvalue weighted by Gasteiger charge is 2.34. The molecule has 2 fully saturated rings. The van der Waals surface area contributed by atoms with E-state index in [9.17, 15) is 5.26 Å². The number of nitrogens with zero attached hydrogens (tertiary/aromatic N) is 4. The summed E-state index contributed by atoms with van der Waals surface area (Å²) in [5.41, 5.74) is 4.75. The van der Waals surface area contributed by atoms with Crippen LogP contribution in [0.3, 0.4) is 0 Å². The normalized spacial score (nSPS) is 21.5. The van der Waals surface area contributed by atoms with Gasteiger partial charge in [0.1, 0.15) is 11.9 Å². The number of nitrogens with one attached hydrogen (secondary N) is 1. The first-order chi connectivity index (χ1) is 15.8. The van der Waals surface area contributed by atoms with Crippen molar-refractivity contribution in [2.75, 3.05) is 31.6 Å². The van der Waals surface area contributed by atoms with Gasteiger partial charge in [-0.25, -0.2) is 4.98 Å². The zero-order valence-electron chi connectivity index (χ0n) is 18.8. The standard InChI is InChI=1S/C26H33N5O/c27-17-24(23-7-4-13-28-25(23)19-8-9-19)31-15-12-22(18-31)32-16-2-1-6-21-11-10-20-5-3-14-29-26(20)30-21/h4,7,10-11,13,19,22,24H,1-3,5-6,8-9,12,14-16,18H2,(H,29,30). The van der Waals surface area contributed by atoms with Crippen LogP contribution in [0.4, 0.5) is 5.82 Å². The summed E-state index contributed by atoms with van der Waals surface area (Å²) in [5, 5.41) is 13.3. The third-order valence-electron chi connectivity index (χ3n) is 6.93. The smallest absolute Gasteiger partial charge is 0.129 e. The van der Waals surface area contributed by atoms with Crippen molar-refractivity contribution in [1.82, 2.24) is 14.9 Å². The van der Waals surface area contributed by atoms with Crippen LogP contribution in [0.25, 0.3) is 0 Å². The van der Waals surface area contributed by atoms with Crippen molar-refractivity contribution in [3.05, 3.63) is 53.0 Å². The summed E-state index contributed by atoms with van der Waals surface area (Å²) in [4.78, 5) is 11.7. The van der Waals surface area contributed by atoms with Gasteiger partial charge in [-0.05, 0) is 69.1 Å². The number of pyridine rings is 2. The van der Waals surface area contributed by atoms with Crippen LogP contribution in [0.2, 0.25) is 0 Å². The Hall–Kier alpha value is -2.49. The van der Waals surface area contributed by atoms with Crippen LogP contribution in [0.5, 0.6) is 0 Å². The summed E-state index contributed by atoms with van der Waals surface area (Å²) in [5.74, 6) is 1.64. The Labute approximate surface area is 191 Å². The molecule has 2 aliphatic heterocycles. The molecular weight excluding hydrogens is 398 g/mol. The lowest BCUT2D eigenvalue weighted by Gasteiger charge is -2.24. The van der Waals surface area contributed by atoms with Crippen molar-refractivity contribution >= 4 is 5.82 Å². The van der Waals surface area contributed by atoms with Crippen LogP contribution in [-0.4, -0.2) is 47.2 Å². The number of hydrogen-bond acceptors (Lipinski definition) is 6. The fourth-order valence-corrected chi connectivity index (χ4v) is 5.00. The second-order valence-electron chi connectivity index (χ2n) is 9.36. The van der Waals surface area contributed by atoms with Crippen LogP contribution in [-0.2, 0) is 17.6 Å². The predicted octanol–water partition coefficient (Wildman–Crippen LogP) is 4.39. The first-order valence-corrected chi connectivity index (χ1v) is 12.2. The molecular formula is C26H33N5O. The first kappa shape index (κ1) is 21.4. The number of likely N-dealkylation sites (tertiary alicyclic amines) is 1. The fourth-order valence-electron chi connectivity index (χ4n) is 5.00. The van der Waals surface area contributed by atoms with Crippen LogP contribution in [0.1, 0.15) is 73.0 Å². The number of fused-ring (bicyclic) bond motifs is 1. The summed E-state index contributed by atoms with van der Waals surface area (Å²) in [6.45, 7) is 3.55. The number of nitriles is 1. The van der Waals surface area contributed by atoms with Crippen molar-refractivity contribution in [3.8, 4) is 6.07 Å². The molecule has 0 aromatic carbocycles. The first-order valence-electron chi connectivity index (χ1n) is 12.2. The van der Waals surface area contributed by atoms with Gasteiger partial charge in [-0.15, -0.1) is 0 Å². The SMILES string of the molecule is N#CC(c1cccnc1C1CC1)N1CCC(OCCCCc2ccc3c(n2)NCCC3)C1. The van der Waals surface area contributed by atoms with Gasteiger partial charge in [0, 0.05) is 55.3 Å². The van der Waals surface area contributed by atoms with E-state index in [-0.39, 0.29) is 12.1 Å². The molecule has 0 amide bonds. The van der Waals surface area contributed by atoms with Crippen molar-refractivity contribution in [2.45, 2.75) is 69.4 Å². The molecule has 2 aromatic rings. The zero-order chi connectivity index (χ0) is 21.8. The third-order valence-corrected chi connectivity index (χ3v) is 6.93. The zero-order valence-corrected chi connectivity index (χ0v) is 18.8. The molecule has 1 saturated carbocycles. The summed E-state index contributed by atoms with van der Waals surface area (Å²) in [6.07, 6.45) is 10.9. The van der Waals surface area contributed by atoms with Crippen molar-refractivity contribution < 1.29 is 4.74 Å². The highest BCUT2D eigenvalue weighted by molar-refractivity contribution is 5.47. The number of aryl methyl sites for hydroxylation is 2. The van der Waals surface area contributed by atoms with Crippen LogP contribution in [0.15, 0.2) is 30.5 Å². The van der Waals surface area contributed by atoms with Gasteiger partial charge in [0.05, 0.1) is 12.2 Å². The van der Waals surface area contributed by atoms with Crippen molar-refractivity contribution in [2.24, 2.45) is 0 Å². The van der Waals surface area contributed by atoms with Gasteiger partial charge >= 0.3 is 0 Å². The molecule has 1 saturated heterocycles. The van der Waals surface area contributed by atoms with Gasteiger partial charge in [-0.3, -0.25) is 9.88 Å². The Balaban J connectivity index is 1.06. The second kappa shape index (κ2) is 9.97. The van der Waals surface area contributed by atoms with E-state index in [1.165, 1.54) is 30.5 Å². The largest absolute Gasteiger partial charge is 0.377 e. The van der Waals surface area contributed by atoms with Gasteiger partial charge < -0.3 is 10.1 Å². The molecule has 2 atom stereocenters. The lowest BCUT2D eigenvalue weighted by Crippen LogP contribution is -2.28. The molecule has 5 rings (SSSR count). The van der Waals surface area contributed by atoms with E-state index in [1.54, 1.807) is 0 Å². The monoisotopic (exact) mass is 431 g/mol. The summed E-state index contributed by atoms with van der Waals surface area (Å²) < 4.78 is 6.18. The molecule has 0 radical (unpaired) electrons. The fraction of sp³-hybridized carbons (Fsp3) is 0.577. The van der Waals surface area contributed by atoms with Gasteiger partial charge in [0.25, 0.3) is 0 Å². The molecule has 0 bridgehead atoms. The predicted molar refractivity (Wildman–Crippen MR) is 124 cm³/mol.